The van der Waals surface area contributed by atoms with E-state index in [1.54, 1.807) is 0 Å². The molecule has 1 aromatic rings. The molecule has 4 heteroatoms. The molecular formula is C17H22N2O2. The second-order valence-electron chi connectivity index (χ2n) is 5.99. The van der Waals surface area contributed by atoms with Crippen LogP contribution in [0.4, 0.5) is 5.69 Å². The normalized spacial score (nSPS) is 22.4. The Bertz CT molecular complexity index is 549. The SMILES string of the molecule is CC(=O)[C@H]1C(=O)c2ccccc2N1CCN1CCCCC1. The summed E-state index contributed by atoms with van der Waals surface area (Å²) in [6, 6.07) is 6.96. The van der Waals surface area contributed by atoms with Gasteiger partial charge in [0, 0.05) is 24.3 Å². The van der Waals surface area contributed by atoms with Gasteiger partial charge in [-0.2, -0.15) is 0 Å². The summed E-state index contributed by atoms with van der Waals surface area (Å²) in [5, 5.41) is 0. The summed E-state index contributed by atoms with van der Waals surface area (Å²) in [5.74, 6) is -0.105. The Morgan fingerprint density at radius 2 is 1.86 bits per heavy atom. The van der Waals surface area contributed by atoms with Gasteiger partial charge in [0.2, 0.25) is 0 Å². The molecule has 112 valence electrons. The fourth-order valence-corrected chi connectivity index (χ4v) is 3.45. The Kier molecular flexibility index (Phi) is 4.06. The Morgan fingerprint density at radius 1 is 1.14 bits per heavy atom. The molecule has 0 aromatic heterocycles. The molecule has 0 aliphatic carbocycles. The number of benzene rings is 1. The predicted molar refractivity (Wildman–Crippen MR) is 82.9 cm³/mol. The molecule has 0 saturated carbocycles. The molecule has 4 nitrogen and oxygen atoms in total. The van der Waals surface area contributed by atoms with Crippen LogP contribution in [0.25, 0.3) is 0 Å². The Labute approximate surface area is 125 Å². The Hall–Kier alpha value is -1.68. The average Bonchev–Trinajstić information content (AvgIpc) is 2.79. The number of rotatable bonds is 4. The molecule has 1 fully saturated rings. The first-order valence-corrected chi connectivity index (χ1v) is 7.81. The van der Waals surface area contributed by atoms with Gasteiger partial charge in [-0.15, -0.1) is 0 Å². The van der Waals surface area contributed by atoms with Gasteiger partial charge in [0.05, 0.1) is 0 Å². The van der Waals surface area contributed by atoms with Gasteiger partial charge in [-0.3, -0.25) is 9.59 Å². The van der Waals surface area contributed by atoms with Gasteiger partial charge in [0.15, 0.2) is 17.6 Å². The molecule has 21 heavy (non-hydrogen) atoms. The van der Waals surface area contributed by atoms with Crippen LogP contribution in [-0.4, -0.2) is 48.7 Å². The van der Waals surface area contributed by atoms with E-state index in [1.807, 2.05) is 29.2 Å². The fraction of sp³-hybridized carbons (Fsp3) is 0.529. The highest BCUT2D eigenvalue weighted by atomic mass is 16.2. The number of para-hydroxylation sites is 1. The maximum atomic E-state index is 12.4. The van der Waals surface area contributed by atoms with Crippen LogP contribution < -0.4 is 4.90 Å². The van der Waals surface area contributed by atoms with E-state index >= 15 is 0 Å². The Balaban J connectivity index is 1.77. The molecule has 1 aromatic carbocycles. The van der Waals surface area contributed by atoms with Gasteiger partial charge in [-0.25, -0.2) is 0 Å². The average molecular weight is 286 g/mol. The number of carbonyl (C=O) groups is 2. The third kappa shape index (κ3) is 2.72. The Morgan fingerprint density at radius 3 is 2.57 bits per heavy atom. The van der Waals surface area contributed by atoms with Crippen LogP contribution in [0.2, 0.25) is 0 Å². The van der Waals surface area contributed by atoms with E-state index < -0.39 is 6.04 Å². The summed E-state index contributed by atoms with van der Waals surface area (Å²) >= 11 is 0. The highest BCUT2D eigenvalue weighted by Gasteiger charge is 2.39. The number of fused-ring (bicyclic) bond motifs is 1. The van der Waals surface area contributed by atoms with Gasteiger partial charge >= 0.3 is 0 Å². The first kappa shape index (κ1) is 14.3. The van der Waals surface area contributed by atoms with E-state index in [2.05, 4.69) is 4.90 Å². The smallest absolute Gasteiger partial charge is 0.194 e. The topological polar surface area (TPSA) is 40.6 Å². The van der Waals surface area contributed by atoms with Gasteiger partial charge in [0.25, 0.3) is 0 Å². The summed E-state index contributed by atoms with van der Waals surface area (Å²) in [6.45, 7) is 5.45. The first-order chi connectivity index (χ1) is 10.2. The zero-order valence-corrected chi connectivity index (χ0v) is 12.5. The number of Topliss-reactive ketones (excluding diaryl/α,β-unsaturated/α-hetero) is 2. The van der Waals surface area contributed by atoms with E-state index in [0.717, 1.165) is 31.9 Å². The van der Waals surface area contributed by atoms with Crippen LogP contribution in [0, 0.1) is 0 Å². The van der Waals surface area contributed by atoms with Gasteiger partial charge in [-0.05, 0) is 45.0 Å². The predicted octanol–water partition coefficient (Wildman–Crippen LogP) is 2.13. The van der Waals surface area contributed by atoms with Crippen LogP contribution >= 0.6 is 0 Å². The molecule has 0 N–H and O–H groups in total. The van der Waals surface area contributed by atoms with Gasteiger partial charge in [0.1, 0.15) is 0 Å². The van der Waals surface area contributed by atoms with Crippen molar-refractivity contribution >= 4 is 17.3 Å². The molecule has 0 amide bonds. The van der Waals surface area contributed by atoms with Crippen LogP contribution in [0.1, 0.15) is 36.5 Å². The highest BCUT2D eigenvalue weighted by molar-refractivity contribution is 6.21. The maximum Gasteiger partial charge on any atom is 0.194 e. The molecule has 2 heterocycles. The highest BCUT2D eigenvalue weighted by Crippen LogP contribution is 2.32. The molecule has 0 spiro atoms. The number of piperidine rings is 1. The number of hydrogen-bond acceptors (Lipinski definition) is 4. The van der Waals surface area contributed by atoms with Crippen molar-refractivity contribution in [1.29, 1.82) is 0 Å². The molecule has 2 aliphatic heterocycles. The molecule has 0 bridgehead atoms. The first-order valence-electron chi connectivity index (χ1n) is 7.81. The monoisotopic (exact) mass is 286 g/mol. The largest absolute Gasteiger partial charge is 0.353 e. The van der Waals surface area contributed by atoms with Gasteiger partial charge < -0.3 is 9.80 Å². The van der Waals surface area contributed by atoms with E-state index in [0.29, 0.717) is 5.56 Å². The van der Waals surface area contributed by atoms with E-state index in [9.17, 15) is 9.59 Å². The second-order valence-corrected chi connectivity index (χ2v) is 5.99. The van der Waals surface area contributed by atoms with Crippen molar-refractivity contribution in [2.24, 2.45) is 0 Å². The molecule has 1 saturated heterocycles. The zero-order valence-electron chi connectivity index (χ0n) is 12.5. The molecule has 0 radical (unpaired) electrons. The minimum Gasteiger partial charge on any atom is -0.353 e. The second kappa shape index (κ2) is 5.98. The summed E-state index contributed by atoms with van der Waals surface area (Å²) in [4.78, 5) is 28.8. The van der Waals surface area contributed by atoms with Crippen molar-refractivity contribution in [3.63, 3.8) is 0 Å². The molecule has 3 rings (SSSR count). The standard InChI is InChI=1S/C17H22N2O2/c1-13(20)16-17(21)14-7-3-4-8-15(14)19(16)12-11-18-9-5-2-6-10-18/h3-4,7-8,16H,2,5-6,9-12H2,1H3/t16-/m0/s1. The molecular weight excluding hydrogens is 264 g/mol. The van der Waals surface area contributed by atoms with Crippen LogP contribution in [-0.2, 0) is 4.79 Å². The minimum atomic E-state index is -0.618. The quantitative estimate of drug-likeness (QED) is 0.795. The van der Waals surface area contributed by atoms with E-state index in [-0.39, 0.29) is 11.6 Å². The minimum absolute atomic E-state index is 0.0447. The third-order valence-electron chi connectivity index (χ3n) is 4.53. The number of anilines is 1. The van der Waals surface area contributed by atoms with Crippen molar-refractivity contribution in [3.8, 4) is 0 Å². The van der Waals surface area contributed by atoms with E-state index in [1.165, 1.54) is 26.2 Å². The number of likely N-dealkylation sites (tertiary alicyclic amines) is 1. The van der Waals surface area contributed by atoms with Crippen LogP contribution in [0.15, 0.2) is 24.3 Å². The lowest BCUT2D eigenvalue weighted by atomic mass is 10.1. The van der Waals surface area contributed by atoms with E-state index in [4.69, 9.17) is 0 Å². The number of hydrogen-bond donors (Lipinski definition) is 0. The van der Waals surface area contributed by atoms with Gasteiger partial charge in [-0.1, -0.05) is 18.6 Å². The van der Waals surface area contributed by atoms with Crippen molar-refractivity contribution in [1.82, 2.24) is 4.90 Å². The third-order valence-corrected chi connectivity index (χ3v) is 4.53. The lowest BCUT2D eigenvalue weighted by Gasteiger charge is -2.31. The summed E-state index contributed by atoms with van der Waals surface area (Å²) < 4.78 is 0. The number of ketones is 2. The lowest BCUT2D eigenvalue weighted by molar-refractivity contribution is -0.117. The summed E-state index contributed by atoms with van der Waals surface area (Å²) in [6.07, 6.45) is 3.83. The fourth-order valence-electron chi connectivity index (χ4n) is 3.45. The summed E-state index contributed by atoms with van der Waals surface area (Å²) in [7, 11) is 0. The van der Waals surface area contributed by atoms with Crippen LogP contribution in [0.3, 0.4) is 0 Å². The van der Waals surface area contributed by atoms with Crippen molar-refractivity contribution in [2.75, 3.05) is 31.1 Å². The lowest BCUT2D eigenvalue weighted by Crippen LogP contribution is -2.45. The van der Waals surface area contributed by atoms with Crippen molar-refractivity contribution in [2.45, 2.75) is 32.2 Å². The molecule has 2 aliphatic rings. The molecule has 1 atom stereocenters. The van der Waals surface area contributed by atoms with Crippen molar-refractivity contribution in [3.05, 3.63) is 29.8 Å². The summed E-state index contributed by atoms with van der Waals surface area (Å²) in [5.41, 5.74) is 1.61. The zero-order chi connectivity index (χ0) is 14.8. The molecule has 0 unspecified atom stereocenters. The van der Waals surface area contributed by atoms with Crippen molar-refractivity contribution < 1.29 is 9.59 Å². The number of nitrogens with zero attached hydrogens (tertiary/aromatic N) is 2. The number of carbonyl (C=O) groups excluding carboxylic acids is 2. The van der Waals surface area contributed by atoms with Crippen LogP contribution in [0.5, 0.6) is 0 Å². The maximum absolute atomic E-state index is 12.4.